The van der Waals surface area contributed by atoms with E-state index < -0.39 is 4.92 Å². The summed E-state index contributed by atoms with van der Waals surface area (Å²) in [6.07, 6.45) is 4.89. The molecule has 0 aliphatic carbocycles. The average molecular weight is 367 g/mol. The van der Waals surface area contributed by atoms with Crippen LogP contribution in [0, 0.1) is 10.1 Å². The van der Waals surface area contributed by atoms with Crippen molar-refractivity contribution < 1.29 is 13.8 Å². The number of non-ortho nitro benzene ring substituents is 1. The molecule has 1 aromatic carbocycles. The van der Waals surface area contributed by atoms with Crippen LogP contribution in [-0.4, -0.2) is 16.3 Å². The topological polar surface area (TPSA) is 94.1 Å². The molecule has 3 aromatic rings. The summed E-state index contributed by atoms with van der Waals surface area (Å²) in [5.41, 5.74) is 0.806. The first-order valence-electron chi connectivity index (χ1n) is 7.80. The molecule has 26 heavy (non-hydrogen) atoms. The molecule has 0 saturated carbocycles. The normalized spacial score (nSPS) is 19.8. The van der Waals surface area contributed by atoms with Gasteiger partial charge in [-0.2, -0.15) is 0 Å². The molecule has 0 spiro atoms. The molecule has 0 N–H and O–H groups in total. The van der Waals surface area contributed by atoms with Gasteiger partial charge in [-0.1, -0.05) is 11.8 Å². The number of thioether (sulfide) groups is 1. The zero-order chi connectivity index (χ0) is 17.9. The summed E-state index contributed by atoms with van der Waals surface area (Å²) in [5.74, 6) is 1.56. The van der Waals surface area contributed by atoms with Crippen LogP contribution in [0.5, 0.6) is 0 Å². The number of nitrogens with zero attached hydrogens (tertiary/aromatic N) is 3. The Kier molecular flexibility index (Phi) is 4.40. The maximum atomic E-state index is 10.7. The standard InChI is InChI=1S/C18H13N3O4S/c22-21(23)13-7-5-12(6-8-13)11-19-18-20-16(14-3-1-9-24-14)17(26-18)15-4-2-10-25-15/h1-11,16-17H/t16-,17-/m0/s1. The Bertz CT molecular complexity index is 947. The largest absolute Gasteiger partial charge is 0.468 e. The van der Waals surface area contributed by atoms with Crippen LogP contribution < -0.4 is 0 Å². The van der Waals surface area contributed by atoms with Gasteiger partial charge in [-0.15, -0.1) is 0 Å². The van der Waals surface area contributed by atoms with Gasteiger partial charge in [0, 0.05) is 18.3 Å². The summed E-state index contributed by atoms with van der Waals surface area (Å²) >= 11 is 1.49. The van der Waals surface area contributed by atoms with Gasteiger partial charge < -0.3 is 8.83 Å². The van der Waals surface area contributed by atoms with Crippen molar-refractivity contribution in [3.63, 3.8) is 0 Å². The van der Waals surface area contributed by atoms with Crippen LogP contribution in [0.25, 0.3) is 0 Å². The third-order valence-corrected chi connectivity index (χ3v) is 5.02. The monoisotopic (exact) mass is 367 g/mol. The molecule has 0 radical (unpaired) electrons. The number of nitro benzene ring substituents is 1. The molecule has 4 rings (SSSR count). The predicted molar refractivity (Wildman–Crippen MR) is 98.6 cm³/mol. The highest BCUT2D eigenvalue weighted by atomic mass is 32.2. The van der Waals surface area contributed by atoms with Crippen LogP contribution in [0.15, 0.2) is 79.9 Å². The Morgan fingerprint density at radius 1 is 1.08 bits per heavy atom. The Hall–Kier alpha value is -3.13. The van der Waals surface area contributed by atoms with E-state index in [-0.39, 0.29) is 17.0 Å². The van der Waals surface area contributed by atoms with Crippen LogP contribution >= 0.6 is 11.8 Å². The van der Waals surface area contributed by atoms with E-state index in [4.69, 9.17) is 8.83 Å². The highest BCUT2D eigenvalue weighted by molar-refractivity contribution is 8.14. The number of aliphatic imine (C=N–C) groups is 2. The molecule has 2 atom stereocenters. The molecule has 0 unspecified atom stereocenters. The Balaban J connectivity index is 1.56. The second kappa shape index (κ2) is 7.01. The SMILES string of the molecule is O=[N+]([O-])c1ccc(C=NC2=N[C@@H](c3ccco3)[C@H](c3ccco3)S2)cc1. The molecule has 130 valence electrons. The van der Waals surface area contributed by atoms with E-state index >= 15 is 0 Å². The molecule has 8 heteroatoms. The molecule has 0 fully saturated rings. The van der Waals surface area contributed by atoms with Gasteiger partial charge in [-0.05, 0) is 42.0 Å². The number of furan rings is 2. The average Bonchev–Trinajstić information content (AvgIpc) is 3.40. The van der Waals surface area contributed by atoms with Gasteiger partial charge in [0.2, 0.25) is 0 Å². The van der Waals surface area contributed by atoms with Gasteiger partial charge in [-0.25, -0.2) is 9.98 Å². The molecule has 0 saturated heterocycles. The minimum atomic E-state index is -0.431. The van der Waals surface area contributed by atoms with Crippen molar-refractivity contribution in [2.45, 2.75) is 11.3 Å². The summed E-state index contributed by atoms with van der Waals surface area (Å²) in [6.45, 7) is 0. The fraction of sp³-hybridized carbons (Fsp3) is 0.111. The minimum Gasteiger partial charge on any atom is -0.468 e. The van der Waals surface area contributed by atoms with Gasteiger partial charge in [0.05, 0.1) is 17.4 Å². The number of benzene rings is 1. The Morgan fingerprint density at radius 2 is 1.77 bits per heavy atom. The predicted octanol–water partition coefficient (Wildman–Crippen LogP) is 4.79. The number of amidine groups is 1. The number of hydrogen-bond donors (Lipinski definition) is 0. The second-order valence-electron chi connectivity index (χ2n) is 5.53. The quantitative estimate of drug-likeness (QED) is 0.375. The highest BCUT2D eigenvalue weighted by Crippen LogP contribution is 2.48. The first-order valence-corrected chi connectivity index (χ1v) is 8.68. The molecule has 0 bridgehead atoms. The molecule has 0 amide bonds. The third-order valence-electron chi connectivity index (χ3n) is 3.85. The lowest BCUT2D eigenvalue weighted by atomic mass is 10.1. The van der Waals surface area contributed by atoms with E-state index in [1.807, 2.05) is 24.3 Å². The van der Waals surface area contributed by atoms with Gasteiger partial charge in [0.25, 0.3) is 5.69 Å². The van der Waals surface area contributed by atoms with Crippen molar-refractivity contribution in [3.8, 4) is 0 Å². The summed E-state index contributed by atoms with van der Waals surface area (Å²) in [7, 11) is 0. The fourth-order valence-electron chi connectivity index (χ4n) is 2.61. The van der Waals surface area contributed by atoms with E-state index in [9.17, 15) is 10.1 Å². The smallest absolute Gasteiger partial charge is 0.269 e. The first kappa shape index (κ1) is 16.3. The van der Waals surface area contributed by atoms with Gasteiger partial charge >= 0.3 is 0 Å². The summed E-state index contributed by atoms with van der Waals surface area (Å²) in [5, 5.41) is 11.3. The molecule has 1 aliphatic heterocycles. The van der Waals surface area contributed by atoms with Gasteiger partial charge in [-0.3, -0.25) is 10.1 Å². The fourth-order valence-corrected chi connectivity index (χ4v) is 3.70. The lowest BCUT2D eigenvalue weighted by Gasteiger charge is -2.11. The molecular weight excluding hydrogens is 354 g/mol. The molecule has 7 nitrogen and oxygen atoms in total. The molecular formula is C18H13N3O4S. The van der Waals surface area contributed by atoms with E-state index in [2.05, 4.69) is 9.98 Å². The van der Waals surface area contributed by atoms with Crippen molar-refractivity contribution in [1.29, 1.82) is 0 Å². The molecule has 3 heterocycles. The molecule has 1 aliphatic rings. The van der Waals surface area contributed by atoms with Crippen LogP contribution in [-0.2, 0) is 0 Å². The van der Waals surface area contributed by atoms with Crippen LogP contribution in [0.2, 0.25) is 0 Å². The van der Waals surface area contributed by atoms with Crippen LogP contribution in [0.4, 0.5) is 5.69 Å². The summed E-state index contributed by atoms with van der Waals surface area (Å²) < 4.78 is 11.1. The summed E-state index contributed by atoms with van der Waals surface area (Å²) in [6, 6.07) is 13.4. The minimum absolute atomic E-state index is 0.0468. The van der Waals surface area contributed by atoms with E-state index in [0.29, 0.717) is 5.17 Å². The van der Waals surface area contributed by atoms with Gasteiger partial charge in [0.15, 0.2) is 5.17 Å². The Labute approximate surface area is 152 Å². The second-order valence-corrected chi connectivity index (χ2v) is 6.64. The zero-order valence-electron chi connectivity index (χ0n) is 13.4. The van der Waals surface area contributed by atoms with E-state index in [0.717, 1.165) is 17.1 Å². The van der Waals surface area contributed by atoms with E-state index in [1.54, 1.807) is 30.9 Å². The maximum absolute atomic E-state index is 10.7. The lowest BCUT2D eigenvalue weighted by molar-refractivity contribution is -0.384. The van der Waals surface area contributed by atoms with Crippen molar-refractivity contribution >= 4 is 28.8 Å². The number of rotatable bonds is 4. The van der Waals surface area contributed by atoms with Crippen molar-refractivity contribution in [1.82, 2.24) is 0 Å². The van der Waals surface area contributed by atoms with Crippen LogP contribution in [0.3, 0.4) is 0 Å². The number of nitro groups is 1. The number of hydrogen-bond acceptors (Lipinski definition) is 7. The summed E-state index contributed by atoms with van der Waals surface area (Å²) in [4.78, 5) is 19.3. The Morgan fingerprint density at radius 3 is 2.38 bits per heavy atom. The highest BCUT2D eigenvalue weighted by Gasteiger charge is 2.36. The lowest BCUT2D eigenvalue weighted by Crippen LogP contribution is -1.99. The van der Waals surface area contributed by atoms with Crippen LogP contribution in [0.1, 0.15) is 28.4 Å². The van der Waals surface area contributed by atoms with Crippen molar-refractivity contribution in [2.75, 3.05) is 0 Å². The van der Waals surface area contributed by atoms with E-state index in [1.165, 1.54) is 23.9 Å². The molecule has 2 aromatic heterocycles. The zero-order valence-corrected chi connectivity index (χ0v) is 14.2. The third kappa shape index (κ3) is 3.31. The van der Waals surface area contributed by atoms with Gasteiger partial charge in [0.1, 0.15) is 22.8 Å². The van der Waals surface area contributed by atoms with Crippen molar-refractivity contribution in [2.24, 2.45) is 9.98 Å². The van der Waals surface area contributed by atoms with Crippen molar-refractivity contribution in [3.05, 3.63) is 88.3 Å². The first-order chi connectivity index (χ1) is 12.7. The maximum Gasteiger partial charge on any atom is 0.269 e.